The number of aromatic amines is 4. The van der Waals surface area contributed by atoms with E-state index in [1.165, 1.54) is 12.1 Å². The van der Waals surface area contributed by atoms with Crippen molar-refractivity contribution in [3.05, 3.63) is 116 Å². The lowest BCUT2D eigenvalue weighted by Crippen LogP contribution is -2.10. The van der Waals surface area contributed by atoms with Crippen LogP contribution in [0.3, 0.4) is 0 Å². The van der Waals surface area contributed by atoms with Gasteiger partial charge in [0.25, 0.3) is 0 Å². The Balaban J connectivity index is 1.56. The highest BCUT2D eigenvalue weighted by Gasteiger charge is 2.30. The van der Waals surface area contributed by atoms with Crippen LogP contribution < -0.4 is 21.4 Å². The van der Waals surface area contributed by atoms with Crippen molar-refractivity contribution in [3.63, 3.8) is 0 Å². The molecule has 1 aliphatic rings. The minimum Gasteiger partial charge on any atom is -0.355 e. The normalized spacial score (nSPS) is 16.9. The van der Waals surface area contributed by atoms with Crippen LogP contribution in [0.15, 0.2) is 66.7 Å². The smallest absolute Gasteiger partial charge is 0.355 e. The van der Waals surface area contributed by atoms with E-state index in [2.05, 4.69) is 19.9 Å². The topological polar surface area (TPSA) is 63.2 Å². The van der Waals surface area contributed by atoms with Gasteiger partial charge in [0.1, 0.15) is 0 Å². The number of hydrogen-bond acceptors (Lipinski definition) is 0. The minimum absolute atomic E-state index is 0.665. The maximum atomic E-state index is 13.0. The highest BCUT2D eigenvalue weighted by Crippen LogP contribution is 2.32. The van der Waals surface area contributed by atoms with Gasteiger partial charge in [0.2, 0.25) is 0 Å². The van der Waals surface area contributed by atoms with Crippen LogP contribution in [0.25, 0.3) is 35.4 Å². The Labute approximate surface area is 191 Å². The quantitative estimate of drug-likeness (QED) is 0.294. The Hall–Kier alpha value is -4.39. The molecule has 1 aliphatic heterocycles. The van der Waals surface area contributed by atoms with Gasteiger partial charge in [0.05, 0.1) is 5.56 Å². The number of fused-ring (bicyclic) bond motifs is 8. The first-order valence-corrected chi connectivity index (χ1v) is 10.8. The van der Waals surface area contributed by atoms with E-state index in [-0.39, 0.29) is 0 Å². The number of rotatable bonds is 1. The summed E-state index contributed by atoms with van der Waals surface area (Å²) < 4.78 is 39.1. The molecule has 7 heteroatoms. The summed E-state index contributed by atoms with van der Waals surface area (Å²) in [7, 11) is 0. The first-order valence-electron chi connectivity index (χ1n) is 10.8. The zero-order chi connectivity index (χ0) is 23.3. The van der Waals surface area contributed by atoms with Gasteiger partial charge in [-0.1, -0.05) is 12.1 Å². The summed E-state index contributed by atoms with van der Waals surface area (Å²) in [6.07, 6.45) is 3.62. The van der Waals surface area contributed by atoms with Gasteiger partial charge in [-0.15, -0.1) is 0 Å². The van der Waals surface area contributed by atoms with E-state index in [4.69, 9.17) is 0 Å². The monoisotopic (exact) mass is 456 g/mol. The summed E-state index contributed by atoms with van der Waals surface area (Å²) >= 11 is 0. The molecule has 0 aliphatic carbocycles. The molecule has 0 unspecified atom stereocenters. The van der Waals surface area contributed by atoms with Crippen LogP contribution in [0, 0.1) is 0 Å². The predicted molar refractivity (Wildman–Crippen MR) is 126 cm³/mol. The summed E-state index contributed by atoms with van der Waals surface area (Å²) in [6.45, 7) is 0. The van der Waals surface area contributed by atoms with Gasteiger partial charge < -0.3 is 19.9 Å². The average Bonchev–Trinajstić information content (AvgIpc) is 3.58. The molecule has 0 spiro atoms. The van der Waals surface area contributed by atoms with Crippen molar-refractivity contribution in [2.45, 2.75) is 6.18 Å². The number of alkyl halides is 3. The third kappa shape index (κ3) is 3.92. The number of nitrogens with one attached hydrogen (secondary N) is 4. The molecule has 8 bridgehead atoms. The van der Waals surface area contributed by atoms with Crippen molar-refractivity contribution < 1.29 is 13.2 Å². The van der Waals surface area contributed by atoms with Gasteiger partial charge in [0, 0.05) is 49.7 Å². The van der Waals surface area contributed by atoms with E-state index in [0.29, 0.717) is 5.56 Å². The lowest BCUT2D eigenvalue weighted by molar-refractivity contribution is -0.137. The second kappa shape index (κ2) is 7.59. The highest BCUT2D eigenvalue weighted by molar-refractivity contribution is 5.76. The first-order chi connectivity index (χ1) is 16.4. The summed E-state index contributed by atoms with van der Waals surface area (Å²) in [5, 5.41) is 3.67. The van der Waals surface area contributed by atoms with E-state index in [1.807, 2.05) is 66.8 Å². The predicted octanol–water partition coefficient (Wildman–Crippen LogP) is 3.31. The summed E-state index contributed by atoms with van der Waals surface area (Å²) in [5.41, 5.74) is 4.44. The Bertz CT molecular complexity index is 1740. The first kappa shape index (κ1) is 20.2. The maximum Gasteiger partial charge on any atom is 0.416 e. The lowest BCUT2D eigenvalue weighted by atomic mass is 10.0. The van der Waals surface area contributed by atoms with E-state index >= 15 is 0 Å². The molecule has 0 saturated heterocycles. The molecule has 1 aromatic carbocycles. The Kier molecular flexibility index (Phi) is 4.52. The van der Waals surface area contributed by atoms with Crippen LogP contribution in [0.1, 0.15) is 28.3 Å². The number of halogens is 3. The van der Waals surface area contributed by atoms with Crippen LogP contribution in [-0.4, -0.2) is 19.9 Å². The van der Waals surface area contributed by atoms with E-state index < -0.39 is 11.7 Å². The third-order valence-electron chi connectivity index (χ3n) is 5.82. The molecular weight excluding hydrogens is 437 g/mol. The fraction of sp³-hybridized carbons (Fsp3) is 0.0370. The summed E-state index contributed by atoms with van der Waals surface area (Å²) in [4.78, 5) is 13.5. The van der Waals surface area contributed by atoms with E-state index in [1.54, 1.807) is 0 Å². The van der Waals surface area contributed by atoms with Crippen LogP contribution in [0.4, 0.5) is 13.2 Å². The number of hydrogen-bond donors (Lipinski definition) is 4. The van der Waals surface area contributed by atoms with Crippen LogP contribution >= 0.6 is 0 Å². The molecule has 0 fully saturated rings. The molecule has 168 valence electrons. The summed E-state index contributed by atoms with van der Waals surface area (Å²) in [6, 6.07) is 19.2. The molecule has 34 heavy (non-hydrogen) atoms. The SMILES string of the molecule is FC(F)(F)c1ccc(-c2cc3[nH]c2/C=c2/cc/c([nH]2)=C/c2ccc([nH]2)/C=c2/cc/c([nH]2)=C/3)cc1. The zero-order valence-electron chi connectivity index (χ0n) is 17.8. The third-order valence-corrected chi connectivity index (χ3v) is 5.82. The fourth-order valence-electron chi connectivity index (χ4n) is 4.21. The molecule has 4 N–H and O–H groups in total. The molecule has 0 atom stereocenters. The van der Waals surface area contributed by atoms with Crippen molar-refractivity contribution in [2.24, 2.45) is 0 Å². The van der Waals surface area contributed by atoms with Crippen LogP contribution in [-0.2, 0) is 6.18 Å². The number of benzene rings is 1. The van der Waals surface area contributed by atoms with Crippen LogP contribution in [0.5, 0.6) is 0 Å². The molecular formula is C27H19F3N4. The highest BCUT2D eigenvalue weighted by atomic mass is 19.4. The largest absolute Gasteiger partial charge is 0.416 e. The zero-order valence-corrected chi connectivity index (χ0v) is 17.8. The Morgan fingerprint density at radius 3 is 1.59 bits per heavy atom. The standard InChI is InChI=1S/C27H19F3N4/c28-27(29,30)17-3-1-16(2-4-17)25-14-24-13-22-8-7-20(32-22)11-18-5-6-19(31-18)12-21-9-10-23(33-21)15-26(25)34-24/h1-15,31-34H/b18-11?,19-12?,20-11-,21-12-,22-13-,23-15-,24-13?,26-15?. The van der Waals surface area contributed by atoms with Gasteiger partial charge in [-0.3, -0.25) is 0 Å². The second-order valence-electron chi connectivity index (χ2n) is 8.31. The molecule has 5 aromatic rings. The second-order valence-corrected chi connectivity index (χ2v) is 8.31. The van der Waals surface area contributed by atoms with Crippen molar-refractivity contribution in [1.29, 1.82) is 0 Å². The van der Waals surface area contributed by atoms with Crippen molar-refractivity contribution >= 4 is 24.3 Å². The van der Waals surface area contributed by atoms with E-state index in [9.17, 15) is 13.2 Å². The molecule has 4 nitrogen and oxygen atoms in total. The molecule has 5 heterocycles. The molecule has 4 aromatic heterocycles. The van der Waals surface area contributed by atoms with Crippen LogP contribution in [0.2, 0.25) is 0 Å². The molecule has 6 rings (SSSR count). The molecule has 0 radical (unpaired) electrons. The van der Waals surface area contributed by atoms with E-state index in [0.717, 1.165) is 61.9 Å². The van der Waals surface area contributed by atoms with Gasteiger partial charge in [-0.05, 0) is 84.5 Å². The Morgan fingerprint density at radius 2 is 1.03 bits per heavy atom. The van der Waals surface area contributed by atoms with Crippen molar-refractivity contribution in [2.75, 3.05) is 0 Å². The molecule has 0 amide bonds. The van der Waals surface area contributed by atoms with Gasteiger partial charge >= 0.3 is 6.18 Å². The molecule has 0 saturated carbocycles. The average molecular weight is 456 g/mol. The fourth-order valence-corrected chi connectivity index (χ4v) is 4.21. The minimum atomic E-state index is -4.37. The van der Waals surface area contributed by atoms with Crippen molar-refractivity contribution in [1.82, 2.24) is 19.9 Å². The van der Waals surface area contributed by atoms with Gasteiger partial charge in [-0.2, -0.15) is 13.2 Å². The van der Waals surface area contributed by atoms with Gasteiger partial charge in [-0.25, -0.2) is 0 Å². The summed E-state index contributed by atoms with van der Waals surface area (Å²) in [5.74, 6) is 0. The van der Waals surface area contributed by atoms with Crippen molar-refractivity contribution in [3.8, 4) is 11.1 Å². The lowest BCUT2D eigenvalue weighted by Gasteiger charge is -2.07. The van der Waals surface area contributed by atoms with Gasteiger partial charge in [0.15, 0.2) is 0 Å². The maximum absolute atomic E-state index is 13.0. The number of aromatic nitrogens is 4. The Morgan fingerprint density at radius 1 is 0.500 bits per heavy atom. The number of H-pyrrole nitrogens is 4.